The fraction of sp³-hybridized carbons (Fsp3) is 0.600. The van der Waals surface area contributed by atoms with Gasteiger partial charge in [0.1, 0.15) is 5.69 Å². The van der Waals surface area contributed by atoms with Gasteiger partial charge in [-0.3, -0.25) is 9.48 Å². The van der Waals surface area contributed by atoms with Crippen LogP contribution in [0.1, 0.15) is 30.0 Å². The van der Waals surface area contributed by atoms with Gasteiger partial charge in [0.25, 0.3) is 5.91 Å². The van der Waals surface area contributed by atoms with Crippen LogP contribution in [0.15, 0.2) is 0 Å². The molecular weight excluding hydrogens is 208 g/mol. The van der Waals surface area contributed by atoms with Crippen molar-refractivity contribution >= 4 is 11.6 Å². The van der Waals surface area contributed by atoms with E-state index in [0.717, 1.165) is 0 Å². The molecule has 0 bridgehead atoms. The van der Waals surface area contributed by atoms with E-state index >= 15 is 0 Å². The second-order valence-electron chi connectivity index (χ2n) is 3.74. The Labute approximate surface area is 94.4 Å². The Morgan fingerprint density at radius 2 is 2.31 bits per heavy atom. The number of nitrogens with two attached hydrogens (primary N) is 1. The molecule has 6 nitrogen and oxygen atoms in total. The highest BCUT2D eigenvalue weighted by Gasteiger charge is 2.19. The molecular formula is C10H18N4O2. The number of aliphatic hydroxyl groups is 1. The van der Waals surface area contributed by atoms with Crippen molar-refractivity contribution < 1.29 is 9.90 Å². The molecule has 90 valence electrons. The summed E-state index contributed by atoms with van der Waals surface area (Å²) in [6.45, 7) is 3.53. The number of rotatable bonds is 4. The molecule has 0 spiro atoms. The van der Waals surface area contributed by atoms with E-state index < -0.39 is 0 Å². The van der Waals surface area contributed by atoms with E-state index in [4.69, 9.17) is 10.8 Å². The number of aliphatic hydroxyl groups excluding tert-OH is 1. The Hall–Kier alpha value is -1.56. The van der Waals surface area contributed by atoms with E-state index in [1.54, 1.807) is 14.0 Å². The minimum Gasteiger partial charge on any atom is -0.395 e. The molecule has 6 heteroatoms. The number of hydrogen-bond donors (Lipinski definition) is 3. The molecule has 0 saturated carbocycles. The molecule has 1 aromatic heterocycles. The highest BCUT2D eigenvalue weighted by atomic mass is 16.3. The standard InChI is InChI=1S/C10H18N4O2/c1-4-7-8(11)9(14(3)13-7)10(16)12-6(2)5-15/h6,15H,4-5,11H2,1-3H3,(H,12,16)/t6-/m0/s1. The lowest BCUT2D eigenvalue weighted by atomic mass is 10.2. The van der Waals surface area contributed by atoms with Gasteiger partial charge in [-0.2, -0.15) is 5.10 Å². The first-order valence-corrected chi connectivity index (χ1v) is 5.24. The van der Waals surface area contributed by atoms with E-state index in [9.17, 15) is 4.79 Å². The highest BCUT2D eigenvalue weighted by Crippen LogP contribution is 2.16. The van der Waals surface area contributed by atoms with Crippen molar-refractivity contribution in [3.8, 4) is 0 Å². The van der Waals surface area contributed by atoms with Crippen molar-refractivity contribution in [2.75, 3.05) is 12.3 Å². The SMILES string of the molecule is CCc1nn(C)c(C(=O)N[C@@H](C)CO)c1N. The van der Waals surface area contributed by atoms with Gasteiger partial charge in [-0.05, 0) is 13.3 Å². The molecule has 1 heterocycles. The van der Waals surface area contributed by atoms with Crippen LogP contribution < -0.4 is 11.1 Å². The second kappa shape index (κ2) is 4.98. The molecule has 0 aliphatic rings. The zero-order valence-electron chi connectivity index (χ0n) is 9.82. The fourth-order valence-electron chi connectivity index (χ4n) is 1.46. The Morgan fingerprint density at radius 3 is 2.75 bits per heavy atom. The van der Waals surface area contributed by atoms with Crippen LogP contribution in [0.2, 0.25) is 0 Å². The molecule has 0 aliphatic heterocycles. The molecule has 4 N–H and O–H groups in total. The first kappa shape index (κ1) is 12.5. The molecule has 1 aromatic rings. The zero-order chi connectivity index (χ0) is 12.3. The number of hydrogen-bond acceptors (Lipinski definition) is 4. The maximum absolute atomic E-state index is 11.8. The Morgan fingerprint density at radius 1 is 1.69 bits per heavy atom. The number of amides is 1. The topological polar surface area (TPSA) is 93.2 Å². The molecule has 16 heavy (non-hydrogen) atoms. The summed E-state index contributed by atoms with van der Waals surface area (Å²) in [5, 5.41) is 15.6. The maximum atomic E-state index is 11.8. The molecule has 0 fully saturated rings. The second-order valence-corrected chi connectivity index (χ2v) is 3.74. The average Bonchev–Trinajstić information content (AvgIpc) is 2.53. The minimum atomic E-state index is -0.311. The zero-order valence-corrected chi connectivity index (χ0v) is 9.82. The van der Waals surface area contributed by atoms with Crippen LogP contribution in [0.25, 0.3) is 0 Å². The molecule has 0 aliphatic carbocycles. The fourth-order valence-corrected chi connectivity index (χ4v) is 1.46. The van der Waals surface area contributed by atoms with Gasteiger partial charge >= 0.3 is 0 Å². The Bertz CT molecular complexity index is 386. The molecule has 0 unspecified atom stereocenters. The number of nitrogens with one attached hydrogen (secondary N) is 1. The van der Waals surface area contributed by atoms with Gasteiger partial charge in [-0.1, -0.05) is 6.92 Å². The third kappa shape index (κ3) is 2.33. The van der Waals surface area contributed by atoms with Gasteiger partial charge in [0.05, 0.1) is 18.0 Å². The molecule has 1 rings (SSSR count). The van der Waals surface area contributed by atoms with Crippen molar-refractivity contribution in [3.63, 3.8) is 0 Å². The van der Waals surface area contributed by atoms with Crippen molar-refractivity contribution in [1.82, 2.24) is 15.1 Å². The lowest BCUT2D eigenvalue weighted by Gasteiger charge is -2.11. The summed E-state index contributed by atoms with van der Waals surface area (Å²) in [7, 11) is 1.67. The monoisotopic (exact) mass is 226 g/mol. The summed E-state index contributed by atoms with van der Waals surface area (Å²) in [5.74, 6) is -0.311. The number of carbonyl (C=O) groups excluding carboxylic acids is 1. The van der Waals surface area contributed by atoms with Crippen LogP contribution >= 0.6 is 0 Å². The van der Waals surface area contributed by atoms with Gasteiger partial charge in [0.15, 0.2) is 0 Å². The van der Waals surface area contributed by atoms with Crippen LogP contribution in [0.5, 0.6) is 0 Å². The van der Waals surface area contributed by atoms with Gasteiger partial charge in [-0.15, -0.1) is 0 Å². The van der Waals surface area contributed by atoms with Gasteiger partial charge < -0.3 is 16.2 Å². The number of carbonyl (C=O) groups is 1. The van der Waals surface area contributed by atoms with E-state index in [1.165, 1.54) is 4.68 Å². The third-order valence-corrected chi connectivity index (χ3v) is 2.36. The van der Waals surface area contributed by atoms with Crippen molar-refractivity contribution in [2.24, 2.45) is 7.05 Å². The number of nitrogens with zero attached hydrogens (tertiary/aromatic N) is 2. The van der Waals surface area contributed by atoms with Crippen LogP contribution in [0.3, 0.4) is 0 Å². The first-order chi connectivity index (χ1) is 7.51. The smallest absolute Gasteiger partial charge is 0.271 e. The van der Waals surface area contributed by atoms with Crippen molar-refractivity contribution in [2.45, 2.75) is 26.3 Å². The number of nitrogen functional groups attached to an aromatic ring is 1. The van der Waals surface area contributed by atoms with Crippen LogP contribution in [0, 0.1) is 0 Å². The number of anilines is 1. The largest absolute Gasteiger partial charge is 0.395 e. The lowest BCUT2D eigenvalue weighted by Crippen LogP contribution is -2.36. The molecule has 1 amide bonds. The molecule has 0 aromatic carbocycles. The number of aryl methyl sites for hydroxylation is 2. The minimum absolute atomic E-state index is 0.107. The molecule has 0 saturated heterocycles. The normalized spacial score (nSPS) is 12.5. The molecule has 1 atom stereocenters. The number of aromatic nitrogens is 2. The quantitative estimate of drug-likeness (QED) is 0.655. The van der Waals surface area contributed by atoms with E-state index in [0.29, 0.717) is 23.5 Å². The average molecular weight is 226 g/mol. The van der Waals surface area contributed by atoms with Gasteiger partial charge in [-0.25, -0.2) is 0 Å². The van der Waals surface area contributed by atoms with Gasteiger partial charge in [0, 0.05) is 13.1 Å². The maximum Gasteiger partial charge on any atom is 0.271 e. The summed E-state index contributed by atoms with van der Waals surface area (Å²) >= 11 is 0. The highest BCUT2D eigenvalue weighted by molar-refractivity contribution is 5.98. The van der Waals surface area contributed by atoms with Crippen LogP contribution in [-0.4, -0.2) is 33.4 Å². The van der Waals surface area contributed by atoms with Crippen molar-refractivity contribution in [3.05, 3.63) is 11.4 Å². The summed E-state index contributed by atoms with van der Waals surface area (Å²) < 4.78 is 1.47. The lowest BCUT2D eigenvalue weighted by molar-refractivity contribution is 0.0913. The molecule has 0 radical (unpaired) electrons. The van der Waals surface area contributed by atoms with Crippen molar-refractivity contribution in [1.29, 1.82) is 0 Å². The summed E-state index contributed by atoms with van der Waals surface area (Å²) in [6.07, 6.45) is 0.683. The summed E-state index contributed by atoms with van der Waals surface area (Å²) in [4.78, 5) is 11.8. The predicted octanol–water partition coefficient (Wildman–Crippen LogP) is -0.325. The van der Waals surface area contributed by atoms with E-state index in [1.807, 2.05) is 6.92 Å². The predicted molar refractivity (Wildman–Crippen MR) is 61.0 cm³/mol. The Kier molecular flexibility index (Phi) is 3.89. The van der Waals surface area contributed by atoms with Crippen LogP contribution in [0.4, 0.5) is 5.69 Å². The summed E-state index contributed by atoms with van der Waals surface area (Å²) in [5.41, 5.74) is 7.29. The van der Waals surface area contributed by atoms with Gasteiger partial charge in [0.2, 0.25) is 0 Å². The first-order valence-electron chi connectivity index (χ1n) is 5.24. The summed E-state index contributed by atoms with van der Waals surface area (Å²) in [6, 6.07) is -0.299. The van der Waals surface area contributed by atoms with E-state index in [2.05, 4.69) is 10.4 Å². The Balaban J connectivity index is 2.95. The van der Waals surface area contributed by atoms with Crippen LogP contribution in [-0.2, 0) is 13.5 Å². The third-order valence-electron chi connectivity index (χ3n) is 2.36. The van der Waals surface area contributed by atoms with E-state index in [-0.39, 0.29) is 18.6 Å².